The lowest BCUT2D eigenvalue weighted by Gasteiger charge is -2.10. The van der Waals surface area contributed by atoms with Crippen molar-refractivity contribution in [3.8, 4) is 11.5 Å². The molecule has 4 heteroatoms. The van der Waals surface area contributed by atoms with Crippen molar-refractivity contribution >= 4 is 0 Å². The van der Waals surface area contributed by atoms with Gasteiger partial charge in [0.2, 0.25) is 0 Å². The Morgan fingerprint density at radius 1 is 1.21 bits per heavy atom. The molecule has 0 atom stereocenters. The zero-order valence-electron chi connectivity index (χ0n) is 8.32. The molecule has 0 amide bonds. The number of nitrogens with one attached hydrogen (secondary N) is 1. The number of ether oxygens (including phenoxy) is 2. The molecule has 1 rings (SSSR count). The molecule has 4 nitrogen and oxygen atoms in total. The fourth-order valence-corrected chi connectivity index (χ4v) is 1.06. The summed E-state index contributed by atoms with van der Waals surface area (Å²) in [4.78, 5) is 0. The van der Waals surface area contributed by atoms with Crippen LogP contribution in [0.25, 0.3) is 0 Å². The summed E-state index contributed by atoms with van der Waals surface area (Å²) in [5.41, 5.74) is 2.52. The Balaban J connectivity index is 2.55. The molecule has 3 N–H and O–H groups in total. The minimum Gasteiger partial charge on any atom is -0.490 e. The quantitative estimate of drug-likeness (QED) is 0.403. The van der Waals surface area contributed by atoms with Gasteiger partial charge in [0, 0.05) is 6.54 Å². The molecule has 0 fully saturated rings. The minimum atomic E-state index is 0.528. The van der Waals surface area contributed by atoms with Crippen LogP contribution < -0.4 is 20.7 Å². The minimum absolute atomic E-state index is 0.528. The van der Waals surface area contributed by atoms with Crippen LogP contribution >= 0.6 is 0 Å². The molecule has 0 heterocycles. The Morgan fingerprint density at radius 2 is 1.86 bits per heavy atom. The fraction of sp³-hybridized carbons (Fsp3) is 0.400. The molecule has 0 aliphatic rings. The van der Waals surface area contributed by atoms with Crippen LogP contribution in [0.2, 0.25) is 0 Å². The van der Waals surface area contributed by atoms with Gasteiger partial charge in [0.15, 0.2) is 11.5 Å². The van der Waals surface area contributed by atoms with E-state index in [1.54, 1.807) is 0 Å². The first-order valence-electron chi connectivity index (χ1n) is 4.66. The highest BCUT2D eigenvalue weighted by molar-refractivity contribution is 5.39. The molecule has 1 aromatic carbocycles. The molecule has 0 bridgehead atoms. The Kier molecular flexibility index (Phi) is 4.82. The molecule has 0 spiro atoms. The summed E-state index contributed by atoms with van der Waals surface area (Å²) in [6.45, 7) is 3.72. The van der Waals surface area contributed by atoms with E-state index < -0.39 is 0 Å². The average Bonchev–Trinajstić information content (AvgIpc) is 2.21. The Bertz CT molecular complexity index is 266. The van der Waals surface area contributed by atoms with Crippen LogP contribution in [0.4, 0.5) is 0 Å². The van der Waals surface area contributed by atoms with Crippen LogP contribution in [0.5, 0.6) is 11.5 Å². The molecule has 0 saturated heterocycles. The van der Waals surface area contributed by atoms with E-state index in [-0.39, 0.29) is 0 Å². The van der Waals surface area contributed by atoms with Gasteiger partial charge in [0.25, 0.3) is 0 Å². The van der Waals surface area contributed by atoms with Gasteiger partial charge in [-0.3, -0.25) is 11.3 Å². The van der Waals surface area contributed by atoms with E-state index in [9.17, 15) is 0 Å². The molecular weight excluding hydrogens is 180 g/mol. The summed E-state index contributed by atoms with van der Waals surface area (Å²) >= 11 is 0. The number of rotatable bonds is 6. The van der Waals surface area contributed by atoms with E-state index in [1.807, 2.05) is 31.2 Å². The Labute approximate surface area is 84.0 Å². The van der Waals surface area contributed by atoms with E-state index in [0.29, 0.717) is 19.8 Å². The zero-order valence-corrected chi connectivity index (χ0v) is 8.32. The lowest BCUT2D eigenvalue weighted by molar-refractivity contribution is 0.276. The van der Waals surface area contributed by atoms with Crippen molar-refractivity contribution in [3.05, 3.63) is 24.3 Å². The van der Waals surface area contributed by atoms with E-state index in [2.05, 4.69) is 5.43 Å². The molecule has 0 saturated carbocycles. The van der Waals surface area contributed by atoms with Crippen LogP contribution in [0.1, 0.15) is 6.92 Å². The third-order valence-corrected chi connectivity index (χ3v) is 1.65. The van der Waals surface area contributed by atoms with Crippen molar-refractivity contribution in [2.75, 3.05) is 19.8 Å². The molecule has 0 aromatic heterocycles. The third-order valence-electron chi connectivity index (χ3n) is 1.65. The van der Waals surface area contributed by atoms with Crippen molar-refractivity contribution in [3.63, 3.8) is 0 Å². The Hall–Kier alpha value is -1.26. The first kappa shape index (κ1) is 10.8. The van der Waals surface area contributed by atoms with Crippen LogP contribution in [-0.2, 0) is 0 Å². The van der Waals surface area contributed by atoms with E-state index >= 15 is 0 Å². The fourth-order valence-electron chi connectivity index (χ4n) is 1.06. The molecule has 1 aromatic rings. The van der Waals surface area contributed by atoms with Gasteiger partial charge in [-0.25, -0.2) is 0 Å². The van der Waals surface area contributed by atoms with Gasteiger partial charge in [-0.2, -0.15) is 0 Å². The molecule has 0 radical (unpaired) electrons. The van der Waals surface area contributed by atoms with Gasteiger partial charge in [0.1, 0.15) is 6.61 Å². The van der Waals surface area contributed by atoms with Gasteiger partial charge < -0.3 is 9.47 Å². The summed E-state index contributed by atoms with van der Waals surface area (Å²) in [6, 6.07) is 7.59. The maximum atomic E-state index is 5.46. The number of para-hydroxylation sites is 2. The van der Waals surface area contributed by atoms with Crippen LogP contribution in [0.15, 0.2) is 24.3 Å². The largest absolute Gasteiger partial charge is 0.490 e. The average molecular weight is 196 g/mol. The molecule has 0 aliphatic heterocycles. The number of hydrazine groups is 1. The standard InChI is InChI=1S/C10H16N2O2/c1-2-13-9-5-3-4-6-10(9)14-8-7-12-11/h3-6,12H,2,7-8,11H2,1H3. The van der Waals surface area contributed by atoms with E-state index in [1.165, 1.54) is 0 Å². The highest BCUT2D eigenvalue weighted by atomic mass is 16.5. The lowest BCUT2D eigenvalue weighted by Crippen LogP contribution is -2.27. The van der Waals surface area contributed by atoms with Crippen LogP contribution in [-0.4, -0.2) is 19.8 Å². The van der Waals surface area contributed by atoms with Gasteiger partial charge in [-0.1, -0.05) is 12.1 Å². The van der Waals surface area contributed by atoms with Crippen molar-refractivity contribution in [2.45, 2.75) is 6.92 Å². The smallest absolute Gasteiger partial charge is 0.161 e. The number of nitrogens with two attached hydrogens (primary N) is 1. The zero-order chi connectivity index (χ0) is 10.2. The van der Waals surface area contributed by atoms with E-state index in [4.69, 9.17) is 15.3 Å². The van der Waals surface area contributed by atoms with Crippen molar-refractivity contribution in [2.24, 2.45) is 5.84 Å². The SMILES string of the molecule is CCOc1ccccc1OCCNN. The second-order valence-corrected chi connectivity index (χ2v) is 2.68. The van der Waals surface area contributed by atoms with Crippen LogP contribution in [0, 0.1) is 0 Å². The predicted octanol–water partition coefficient (Wildman–Crippen LogP) is 0.927. The van der Waals surface area contributed by atoms with Crippen molar-refractivity contribution in [1.82, 2.24) is 5.43 Å². The molecule has 78 valence electrons. The van der Waals surface area contributed by atoms with Crippen molar-refractivity contribution < 1.29 is 9.47 Å². The first-order valence-corrected chi connectivity index (χ1v) is 4.66. The highest BCUT2D eigenvalue weighted by Crippen LogP contribution is 2.25. The van der Waals surface area contributed by atoms with Crippen molar-refractivity contribution in [1.29, 1.82) is 0 Å². The maximum Gasteiger partial charge on any atom is 0.161 e. The maximum absolute atomic E-state index is 5.46. The van der Waals surface area contributed by atoms with Crippen LogP contribution in [0.3, 0.4) is 0 Å². The first-order chi connectivity index (χ1) is 6.88. The molecule has 0 aliphatic carbocycles. The predicted molar refractivity (Wildman–Crippen MR) is 55.3 cm³/mol. The topological polar surface area (TPSA) is 56.5 Å². The van der Waals surface area contributed by atoms with E-state index in [0.717, 1.165) is 11.5 Å². The molecule has 0 unspecified atom stereocenters. The highest BCUT2D eigenvalue weighted by Gasteiger charge is 2.01. The summed E-state index contributed by atoms with van der Waals surface area (Å²) in [6.07, 6.45) is 0. The number of hydrogen-bond donors (Lipinski definition) is 2. The normalized spacial score (nSPS) is 9.86. The second-order valence-electron chi connectivity index (χ2n) is 2.68. The van der Waals surface area contributed by atoms with Gasteiger partial charge in [0.05, 0.1) is 6.61 Å². The Morgan fingerprint density at radius 3 is 2.43 bits per heavy atom. The van der Waals surface area contributed by atoms with Gasteiger partial charge >= 0.3 is 0 Å². The lowest BCUT2D eigenvalue weighted by atomic mass is 10.3. The van der Waals surface area contributed by atoms with Gasteiger partial charge in [-0.05, 0) is 19.1 Å². The summed E-state index contributed by atoms with van der Waals surface area (Å²) < 4.78 is 10.9. The third kappa shape index (κ3) is 3.24. The second kappa shape index (κ2) is 6.23. The molecule has 14 heavy (non-hydrogen) atoms. The number of hydrogen-bond acceptors (Lipinski definition) is 4. The summed E-state index contributed by atoms with van der Waals surface area (Å²) in [7, 11) is 0. The van der Waals surface area contributed by atoms with Gasteiger partial charge in [-0.15, -0.1) is 0 Å². The number of benzene rings is 1. The molecular formula is C10H16N2O2. The summed E-state index contributed by atoms with van der Waals surface area (Å²) in [5.74, 6) is 6.65. The monoisotopic (exact) mass is 196 g/mol. The summed E-state index contributed by atoms with van der Waals surface area (Å²) in [5, 5.41) is 0.